The summed E-state index contributed by atoms with van der Waals surface area (Å²) in [4.78, 5) is 11.1. The molecule has 5 rings (SSSR count). The van der Waals surface area contributed by atoms with Crippen molar-refractivity contribution in [3.8, 4) is 11.3 Å². The lowest BCUT2D eigenvalue weighted by atomic mass is 9.99. The normalized spacial score (nSPS) is 14.3. The summed E-state index contributed by atoms with van der Waals surface area (Å²) in [6.45, 7) is 1.65. The third-order valence-corrected chi connectivity index (χ3v) is 5.28. The molecule has 0 saturated heterocycles. The van der Waals surface area contributed by atoms with Crippen LogP contribution in [0, 0.1) is 0 Å². The van der Waals surface area contributed by atoms with Crippen LogP contribution >= 0.6 is 11.6 Å². The first-order valence-corrected chi connectivity index (χ1v) is 9.53. The summed E-state index contributed by atoms with van der Waals surface area (Å²) in [6, 6.07) is 18.1. The van der Waals surface area contributed by atoms with Crippen LogP contribution in [0.5, 0.6) is 0 Å². The smallest absolute Gasteiger partial charge is 0.263 e. The van der Waals surface area contributed by atoms with Gasteiger partial charge in [-0.05, 0) is 29.7 Å². The Labute approximate surface area is 167 Å². The van der Waals surface area contributed by atoms with E-state index in [4.69, 9.17) is 16.1 Å². The van der Waals surface area contributed by atoms with E-state index in [0.717, 1.165) is 42.0 Å². The zero-order chi connectivity index (χ0) is 18.9. The molecule has 0 saturated carbocycles. The van der Waals surface area contributed by atoms with E-state index in [-0.39, 0.29) is 0 Å². The molecule has 0 bridgehead atoms. The molecular weight excluding hydrogens is 372 g/mol. The van der Waals surface area contributed by atoms with E-state index in [2.05, 4.69) is 50.4 Å². The van der Waals surface area contributed by atoms with Crippen molar-refractivity contribution in [2.24, 2.45) is 0 Å². The molecule has 4 aromatic rings. The first kappa shape index (κ1) is 17.0. The number of hydrogen-bond acceptors (Lipinski definition) is 5. The van der Waals surface area contributed by atoms with E-state index in [1.54, 1.807) is 0 Å². The van der Waals surface area contributed by atoms with Gasteiger partial charge in [0.2, 0.25) is 0 Å². The average Bonchev–Trinajstić information content (AvgIpc) is 3.19. The number of nitrogens with zero attached hydrogens (tertiary/aromatic N) is 4. The Morgan fingerprint density at radius 2 is 1.75 bits per heavy atom. The molecule has 0 radical (unpaired) electrons. The number of halogens is 1. The summed E-state index contributed by atoms with van der Waals surface area (Å²) in [5.41, 5.74) is 4.80. The van der Waals surface area contributed by atoms with E-state index in [1.165, 1.54) is 17.5 Å². The van der Waals surface area contributed by atoms with E-state index >= 15 is 0 Å². The van der Waals surface area contributed by atoms with Crippen molar-refractivity contribution in [3.05, 3.63) is 77.6 Å². The molecule has 2 aromatic heterocycles. The minimum Gasteiger partial charge on any atom is -0.352 e. The predicted molar refractivity (Wildman–Crippen MR) is 111 cm³/mol. The summed E-state index contributed by atoms with van der Waals surface area (Å²) < 4.78 is 5.48. The highest BCUT2D eigenvalue weighted by Crippen LogP contribution is 2.35. The highest BCUT2D eigenvalue weighted by Gasteiger charge is 2.22. The predicted octanol–water partition coefficient (Wildman–Crippen LogP) is 5.23. The summed E-state index contributed by atoms with van der Waals surface area (Å²) in [7, 11) is 0. The Balaban J connectivity index is 1.52. The number of fused-ring (bicyclic) bond motifs is 1. The SMILES string of the molecule is Clc1ccc(-c2noc3ncnc(N4CC=C(c5ccccc5)CC4)c23)cc1. The Morgan fingerprint density at radius 3 is 2.50 bits per heavy atom. The third kappa shape index (κ3) is 3.04. The minimum absolute atomic E-state index is 0.493. The molecule has 0 unspecified atom stereocenters. The fourth-order valence-corrected chi connectivity index (χ4v) is 3.72. The molecule has 138 valence electrons. The van der Waals surface area contributed by atoms with Gasteiger partial charge < -0.3 is 9.42 Å². The monoisotopic (exact) mass is 388 g/mol. The summed E-state index contributed by atoms with van der Waals surface area (Å²) in [5, 5.41) is 5.77. The zero-order valence-corrected chi connectivity index (χ0v) is 15.8. The van der Waals surface area contributed by atoms with Crippen LogP contribution in [-0.2, 0) is 0 Å². The van der Waals surface area contributed by atoms with Gasteiger partial charge in [0, 0.05) is 23.7 Å². The number of anilines is 1. The second kappa shape index (κ2) is 7.09. The fourth-order valence-electron chi connectivity index (χ4n) is 3.59. The van der Waals surface area contributed by atoms with Crippen molar-refractivity contribution in [3.63, 3.8) is 0 Å². The molecule has 1 aliphatic heterocycles. The maximum atomic E-state index is 6.03. The van der Waals surface area contributed by atoms with Crippen LogP contribution in [0.2, 0.25) is 5.02 Å². The van der Waals surface area contributed by atoms with Crippen molar-refractivity contribution in [2.45, 2.75) is 6.42 Å². The second-order valence-corrected chi connectivity index (χ2v) is 7.14. The largest absolute Gasteiger partial charge is 0.352 e. The maximum absolute atomic E-state index is 6.03. The lowest BCUT2D eigenvalue weighted by Gasteiger charge is -2.28. The van der Waals surface area contributed by atoms with Crippen molar-refractivity contribution in [1.29, 1.82) is 0 Å². The molecule has 3 heterocycles. The van der Waals surface area contributed by atoms with Crippen LogP contribution in [0.4, 0.5) is 5.82 Å². The number of aromatic nitrogens is 3. The molecule has 0 fully saturated rings. The molecule has 1 aliphatic rings. The topological polar surface area (TPSA) is 55.1 Å². The Hall–Kier alpha value is -3.18. The number of hydrogen-bond donors (Lipinski definition) is 0. The first-order chi connectivity index (χ1) is 13.8. The summed E-state index contributed by atoms with van der Waals surface area (Å²) in [6.07, 6.45) is 4.75. The summed E-state index contributed by atoms with van der Waals surface area (Å²) >= 11 is 6.03. The van der Waals surface area contributed by atoms with Gasteiger partial charge >= 0.3 is 0 Å². The van der Waals surface area contributed by atoms with Crippen LogP contribution < -0.4 is 4.90 Å². The Morgan fingerprint density at radius 1 is 0.929 bits per heavy atom. The molecule has 0 aliphatic carbocycles. The van der Waals surface area contributed by atoms with Crippen LogP contribution in [-0.4, -0.2) is 28.2 Å². The van der Waals surface area contributed by atoms with Gasteiger partial charge in [-0.3, -0.25) is 0 Å². The van der Waals surface area contributed by atoms with Crippen LogP contribution in [0.3, 0.4) is 0 Å². The van der Waals surface area contributed by atoms with Crippen molar-refractivity contribution < 1.29 is 4.52 Å². The highest BCUT2D eigenvalue weighted by atomic mass is 35.5. The van der Waals surface area contributed by atoms with Crippen molar-refractivity contribution in [2.75, 3.05) is 18.0 Å². The van der Waals surface area contributed by atoms with E-state index in [9.17, 15) is 0 Å². The lowest BCUT2D eigenvalue weighted by Crippen LogP contribution is -2.29. The maximum Gasteiger partial charge on any atom is 0.263 e. The van der Waals surface area contributed by atoms with Gasteiger partial charge in [0.25, 0.3) is 5.71 Å². The molecule has 28 heavy (non-hydrogen) atoms. The molecule has 5 nitrogen and oxygen atoms in total. The van der Waals surface area contributed by atoms with Crippen LogP contribution in [0.25, 0.3) is 27.9 Å². The molecule has 0 N–H and O–H groups in total. The standard InChI is InChI=1S/C22H17ClN4O/c23-18-8-6-17(7-9-18)20-19-21(24-14-25-22(19)28-26-20)27-12-10-16(11-13-27)15-4-2-1-3-5-15/h1-10,14H,11-13H2. The molecule has 2 aromatic carbocycles. The van der Waals surface area contributed by atoms with E-state index in [1.807, 2.05) is 30.3 Å². The minimum atomic E-state index is 0.493. The van der Waals surface area contributed by atoms with Crippen molar-refractivity contribution in [1.82, 2.24) is 15.1 Å². The van der Waals surface area contributed by atoms with Gasteiger partial charge in [-0.15, -0.1) is 0 Å². The number of benzene rings is 2. The lowest BCUT2D eigenvalue weighted by molar-refractivity contribution is 0.451. The molecular formula is C22H17ClN4O. The fraction of sp³-hybridized carbons (Fsp3) is 0.136. The van der Waals surface area contributed by atoms with E-state index in [0.29, 0.717) is 10.7 Å². The number of rotatable bonds is 3. The molecule has 0 amide bonds. The second-order valence-electron chi connectivity index (χ2n) is 6.71. The van der Waals surface area contributed by atoms with Gasteiger partial charge in [0.05, 0.1) is 0 Å². The molecule has 0 spiro atoms. The Kier molecular flexibility index (Phi) is 4.29. The van der Waals surface area contributed by atoms with Gasteiger partial charge in [-0.25, -0.2) is 4.98 Å². The van der Waals surface area contributed by atoms with Gasteiger partial charge in [-0.2, -0.15) is 4.98 Å². The average molecular weight is 389 g/mol. The van der Waals surface area contributed by atoms with E-state index < -0.39 is 0 Å². The van der Waals surface area contributed by atoms with Crippen LogP contribution in [0.1, 0.15) is 12.0 Å². The zero-order valence-electron chi connectivity index (χ0n) is 15.0. The van der Waals surface area contributed by atoms with Gasteiger partial charge in [0.1, 0.15) is 23.2 Å². The van der Waals surface area contributed by atoms with Crippen LogP contribution in [0.15, 0.2) is 71.5 Å². The molecule has 0 atom stereocenters. The summed E-state index contributed by atoms with van der Waals surface area (Å²) in [5.74, 6) is 0.847. The van der Waals surface area contributed by atoms with Gasteiger partial charge in [0.15, 0.2) is 0 Å². The molecule has 6 heteroatoms. The Bertz CT molecular complexity index is 1150. The highest BCUT2D eigenvalue weighted by molar-refractivity contribution is 6.30. The quantitative estimate of drug-likeness (QED) is 0.481. The first-order valence-electron chi connectivity index (χ1n) is 9.15. The third-order valence-electron chi connectivity index (χ3n) is 5.02. The van der Waals surface area contributed by atoms with Crippen molar-refractivity contribution >= 4 is 34.1 Å². The van der Waals surface area contributed by atoms with Gasteiger partial charge in [-0.1, -0.05) is 65.3 Å².